The van der Waals surface area contributed by atoms with Gasteiger partial charge in [0.25, 0.3) is 0 Å². The van der Waals surface area contributed by atoms with Crippen molar-refractivity contribution in [2.45, 2.75) is 31.8 Å². The number of benzene rings is 2. The molecule has 2 aromatic carbocycles. The monoisotopic (exact) mass is 502 g/mol. The minimum Gasteiger partial charge on any atom is -0.489 e. The molecule has 0 spiro atoms. The molecule has 0 radical (unpaired) electrons. The molecule has 2 N–H and O–H groups in total. The maximum absolute atomic E-state index is 13.6. The molecule has 0 bridgehead atoms. The van der Waals surface area contributed by atoms with Gasteiger partial charge in [0, 0.05) is 16.0 Å². The minimum absolute atomic E-state index is 0.0135. The topological polar surface area (TPSA) is 107 Å². The number of hydrogen-bond acceptors (Lipinski definition) is 5. The summed E-state index contributed by atoms with van der Waals surface area (Å²) in [4.78, 5) is 0. The Morgan fingerprint density at radius 3 is 2.64 bits per heavy atom. The van der Waals surface area contributed by atoms with Gasteiger partial charge in [-0.25, -0.2) is 4.39 Å². The SMILES string of the molecule is N#CC1=C(N)C(C#N)(C#N)[C@@H](c2cc(Br)ccc2OCc2cccc(F)c2)[C@@H]2CCCC=C12. The van der Waals surface area contributed by atoms with E-state index < -0.39 is 11.3 Å². The standard InChI is InChI=1S/C26H20BrFN4O/c27-17-8-9-23(33-13-16-4-3-5-18(28)10-16)21(11-17)24-20-7-2-1-6-19(20)22(12-29)25(32)26(24,14-30)15-31/h3-6,8-11,20,24H,1-2,7,13,32H2/t20-,24-/m1/s1. The number of halogens is 2. The summed E-state index contributed by atoms with van der Waals surface area (Å²) in [6.45, 7) is 0.118. The second kappa shape index (κ2) is 9.10. The van der Waals surface area contributed by atoms with Crippen molar-refractivity contribution >= 4 is 15.9 Å². The van der Waals surface area contributed by atoms with Crippen LogP contribution in [0.25, 0.3) is 0 Å². The Hall–Kier alpha value is -3.60. The number of nitrogens with zero attached hydrogens (tertiary/aromatic N) is 3. The lowest BCUT2D eigenvalue weighted by atomic mass is 9.56. The van der Waals surface area contributed by atoms with E-state index in [-0.39, 0.29) is 29.6 Å². The average molecular weight is 503 g/mol. The Labute approximate surface area is 200 Å². The smallest absolute Gasteiger partial charge is 0.191 e. The van der Waals surface area contributed by atoms with Crippen LogP contribution in [0.1, 0.15) is 36.3 Å². The molecule has 0 aromatic heterocycles. The molecule has 0 saturated heterocycles. The summed E-state index contributed by atoms with van der Waals surface area (Å²) >= 11 is 3.50. The molecule has 2 aliphatic rings. The second-order valence-corrected chi connectivity index (χ2v) is 9.12. The molecule has 0 amide bonds. The maximum atomic E-state index is 13.6. The number of fused-ring (bicyclic) bond motifs is 1. The van der Waals surface area contributed by atoms with E-state index in [2.05, 4.69) is 34.1 Å². The highest BCUT2D eigenvalue weighted by Crippen LogP contribution is 2.57. The molecule has 2 aliphatic carbocycles. The first-order valence-electron chi connectivity index (χ1n) is 10.5. The van der Waals surface area contributed by atoms with Crippen LogP contribution in [0.5, 0.6) is 5.75 Å². The fraction of sp³-hybridized carbons (Fsp3) is 0.269. The van der Waals surface area contributed by atoms with E-state index in [9.17, 15) is 20.2 Å². The fourth-order valence-electron chi connectivity index (χ4n) is 4.90. The summed E-state index contributed by atoms with van der Waals surface area (Å²) in [5.41, 5.74) is 6.98. The Morgan fingerprint density at radius 1 is 1.15 bits per heavy atom. The van der Waals surface area contributed by atoms with Gasteiger partial charge in [-0.2, -0.15) is 15.8 Å². The third-order valence-electron chi connectivity index (χ3n) is 6.39. The van der Waals surface area contributed by atoms with Crippen LogP contribution < -0.4 is 10.5 Å². The molecule has 33 heavy (non-hydrogen) atoms. The molecule has 7 heteroatoms. The van der Waals surface area contributed by atoms with Crippen molar-refractivity contribution in [3.05, 3.63) is 86.8 Å². The molecule has 0 fully saturated rings. The predicted molar refractivity (Wildman–Crippen MR) is 124 cm³/mol. The zero-order valence-electron chi connectivity index (χ0n) is 17.7. The van der Waals surface area contributed by atoms with Gasteiger partial charge in [-0.05, 0) is 66.6 Å². The quantitative estimate of drug-likeness (QED) is 0.571. The van der Waals surface area contributed by atoms with Crippen molar-refractivity contribution in [3.8, 4) is 24.0 Å². The summed E-state index contributed by atoms with van der Waals surface area (Å²) < 4.78 is 20.5. The van der Waals surface area contributed by atoms with Crippen LogP contribution in [0.4, 0.5) is 4.39 Å². The summed E-state index contributed by atoms with van der Waals surface area (Å²) in [6, 6.07) is 18.0. The molecule has 164 valence electrons. The molecule has 5 nitrogen and oxygen atoms in total. The summed E-state index contributed by atoms with van der Waals surface area (Å²) in [5, 5.41) is 30.3. The summed E-state index contributed by atoms with van der Waals surface area (Å²) in [6.07, 6.45) is 4.40. The van der Waals surface area contributed by atoms with Gasteiger partial charge in [0.05, 0.1) is 23.4 Å². The van der Waals surface area contributed by atoms with Gasteiger partial charge in [0.15, 0.2) is 5.41 Å². The van der Waals surface area contributed by atoms with Gasteiger partial charge < -0.3 is 10.5 Å². The lowest BCUT2D eigenvalue weighted by Gasteiger charge is -2.43. The highest BCUT2D eigenvalue weighted by atomic mass is 79.9. The maximum Gasteiger partial charge on any atom is 0.191 e. The lowest BCUT2D eigenvalue weighted by molar-refractivity contribution is 0.276. The molecule has 2 atom stereocenters. The van der Waals surface area contributed by atoms with Gasteiger partial charge in [0.1, 0.15) is 24.2 Å². The lowest BCUT2D eigenvalue weighted by Crippen LogP contribution is -2.42. The summed E-state index contributed by atoms with van der Waals surface area (Å²) in [5.74, 6) is -0.728. The van der Waals surface area contributed by atoms with Crippen LogP contribution in [0.2, 0.25) is 0 Å². The summed E-state index contributed by atoms with van der Waals surface area (Å²) in [7, 11) is 0. The van der Waals surface area contributed by atoms with Crippen LogP contribution in [0.15, 0.2) is 69.9 Å². The van der Waals surface area contributed by atoms with Gasteiger partial charge in [-0.3, -0.25) is 0 Å². The number of nitriles is 3. The van der Waals surface area contributed by atoms with Gasteiger partial charge in [0.2, 0.25) is 0 Å². The van der Waals surface area contributed by atoms with Crippen molar-refractivity contribution in [3.63, 3.8) is 0 Å². The zero-order valence-corrected chi connectivity index (χ0v) is 19.3. The van der Waals surface area contributed by atoms with Crippen molar-refractivity contribution < 1.29 is 9.13 Å². The molecule has 4 rings (SSSR count). The van der Waals surface area contributed by atoms with E-state index in [1.165, 1.54) is 12.1 Å². The van der Waals surface area contributed by atoms with E-state index in [0.29, 0.717) is 16.9 Å². The van der Waals surface area contributed by atoms with Crippen molar-refractivity contribution in [2.75, 3.05) is 0 Å². The van der Waals surface area contributed by atoms with Crippen LogP contribution in [-0.4, -0.2) is 0 Å². The molecule has 0 saturated carbocycles. The Kier molecular flexibility index (Phi) is 6.23. The van der Waals surface area contributed by atoms with Gasteiger partial charge >= 0.3 is 0 Å². The number of ether oxygens (including phenoxy) is 1. The predicted octanol–water partition coefficient (Wildman–Crippen LogP) is 5.76. The molecular formula is C26H20BrFN4O. The fourth-order valence-corrected chi connectivity index (χ4v) is 5.28. The highest BCUT2D eigenvalue weighted by Gasteiger charge is 2.54. The van der Waals surface area contributed by atoms with E-state index in [4.69, 9.17) is 10.5 Å². The first kappa shape index (κ1) is 22.6. The van der Waals surface area contributed by atoms with Gasteiger partial charge in [-0.1, -0.05) is 34.1 Å². The van der Waals surface area contributed by atoms with E-state index in [0.717, 1.165) is 29.3 Å². The average Bonchev–Trinajstić information content (AvgIpc) is 2.83. The third kappa shape index (κ3) is 3.88. The Morgan fingerprint density at radius 2 is 1.94 bits per heavy atom. The number of hydrogen-bond donors (Lipinski definition) is 1. The molecule has 0 heterocycles. The minimum atomic E-state index is -1.72. The van der Waals surface area contributed by atoms with E-state index in [1.54, 1.807) is 18.2 Å². The van der Waals surface area contributed by atoms with E-state index >= 15 is 0 Å². The van der Waals surface area contributed by atoms with Gasteiger partial charge in [-0.15, -0.1) is 0 Å². The van der Waals surface area contributed by atoms with Crippen LogP contribution in [-0.2, 0) is 6.61 Å². The molecular weight excluding hydrogens is 483 g/mol. The highest BCUT2D eigenvalue weighted by molar-refractivity contribution is 9.10. The molecule has 0 aliphatic heterocycles. The number of rotatable bonds is 4. The van der Waals surface area contributed by atoms with Crippen molar-refractivity contribution in [1.82, 2.24) is 0 Å². The first-order chi connectivity index (χ1) is 15.9. The third-order valence-corrected chi connectivity index (χ3v) is 6.88. The second-order valence-electron chi connectivity index (χ2n) is 8.21. The van der Waals surface area contributed by atoms with E-state index in [1.807, 2.05) is 18.2 Å². The Bertz CT molecular complexity index is 1280. The first-order valence-corrected chi connectivity index (χ1v) is 11.3. The zero-order chi connectivity index (χ0) is 23.6. The van der Waals surface area contributed by atoms with Crippen LogP contribution in [0.3, 0.4) is 0 Å². The number of nitrogens with two attached hydrogens (primary N) is 1. The molecule has 2 aromatic rings. The van der Waals surface area contributed by atoms with Crippen molar-refractivity contribution in [1.29, 1.82) is 15.8 Å². The number of allylic oxidation sites excluding steroid dienone is 4. The largest absolute Gasteiger partial charge is 0.489 e. The molecule has 0 unspecified atom stereocenters. The Balaban J connectivity index is 1.87. The van der Waals surface area contributed by atoms with Crippen LogP contribution >= 0.6 is 15.9 Å². The van der Waals surface area contributed by atoms with Crippen LogP contribution in [0, 0.1) is 51.1 Å². The normalized spacial score (nSPS) is 21.1. The van der Waals surface area contributed by atoms with Crippen molar-refractivity contribution in [2.24, 2.45) is 17.1 Å².